The molecule has 3 aliphatic heterocycles. The second-order valence-corrected chi connectivity index (χ2v) is 15.6. The summed E-state index contributed by atoms with van der Waals surface area (Å²) in [6, 6.07) is 52.8. The Bertz CT molecular complexity index is 2340. The van der Waals surface area contributed by atoms with Crippen LogP contribution in [0.2, 0.25) is 0 Å². The van der Waals surface area contributed by atoms with Crippen LogP contribution in [0.3, 0.4) is 0 Å². The summed E-state index contributed by atoms with van der Waals surface area (Å²) in [6.45, 7) is 4.98. The van der Waals surface area contributed by atoms with Crippen molar-refractivity contribution in [2.75, 3.05) is 9.80 Å². The van der Waals surface area contributed by atoms with Crippen LogP contribution in [0, 0.1) is 0 Å². The first-order valence-electron chi connectivity index (χ1n) is 18.8. The molecule has 1 aliphatic carbocycles. The van der Waals surface area contributed by atoms with Crippen molar-refractivity contribution in [3.63, 3.8) is 0 Å². The molecule has 0 atom stereocenters. The first-order valence-corrected chi connectivity index (χ1v) is 19.6. The Kier molecular flexibility index (Phi) is 7.32. The van der Waals surface area contributed by atoms with Gasteiger partial charge in [0.25, 0.3) is 0 Å². The molecule has 4 heteroatoms. The van der Waals surface area contributed by atoms with Crippen molar-refractivity contribution in [3.8, 4) is 11.1 Å². The van der Waals surface area contributed by atoms with E-state index in [4.69, 9.17) is 0 Å². The zero-order chi connectivity index (χ0) is 34.1. The zero-order valence-electron chi connectivity index (χ0n) is 29.4. The molecule has 0 bridgehead atoms. The van der Waals surface area contributed by atoms with Crippen molar-refractivity contribution < 1.29 is 0 Å². The van der Waals surface area contributed by atoms with Gasteiger partial charge >= 0.3 is 0 Å². The van der Waals surface area contributed by atoms with Crippen LogP contribution in [0.15, 0.2) is 161 Å². The fourth-order valence-corrected chi connectivity index (χ4v) is 11.0. The first kappa shape index (κ1) is 30.9. The van der Waals surface area contributed by atoms with Crippen molar-refractivity contribution in [3.05, 3.63) is 162 Å². The number of benzene rings is 6. The summed E-state index contributed by atoms with van der Waals surface area (Å²) in [7, 11) is 0. The van der Waals surface area contributed by atoms with Gasteiger partial charge in [-0.3, -0.25) is 0 Å². The highest BCUT2D eigenvalue weighted by Gasteiger charge is 2.47. The Labute approximate surface area is 306 Å². The van der Waals surface area contributed by atoms with Gasteiger partial charge in [0, 0.05) is 38.0 Å². The zero-order valence-corrected chi connectivity index (χ0v) is 30.2. The van der Waals surface area contributed by atoms with E-state index < -0.39 is 0 Å². The van der Waals surface area contributed by atoms with E-state index >= 15 is 0 Å². The van der Waals surface area contributed by atoms with Crippen molar-refractivity contribution >= 4 is 57.6 Å². The Morgan fingerprint density at radius 2 is 1.22 bits per heavy atom. The van der Waals surface area contributed by atoms with Crippen LogP contribution in [0.4, 0.5) is 22.7 Å². The van der Waals surface area contributed by atoms with Gasteiger partial charge in [-0.15, -0.1) is 0 Å². The molecular weight excluding hydrogens is 635 g/mol. The fraction of sp³-hybridized carbons (Fsp3) is 0.191. The molecule has 3 heterocycles. The van der Waals surface area contributed by atoms with Gasteiger partial charge < -0.3 is 9.80 Å². The maximum absolute atomic E-state index is 2.59. The number of hydrogen-bond donors (Lipinski definition) is 0. The van der Waals surface area contributed by atoms with Crippen LogP contribution in [-0.2, 0) is 5.41 Å². The van der Waals surface area contributed by atoms with Gasteiger partial charge in [0.05, 0.1) is 11.4 Å². The number of fused-ring (bicyclic) bond motifs is 5. The average molecular weight is 677 g/mol. The van der Waals surface area contributed by atoms with Crippen LogP contribution < -0.4 is 26.2 Å². The van der Waals surface area contributed by atoms with Gasteiger partial charge in [-0.2, -0.15) is 0 Å². The number of nitrogens with zero attached hydrogens (tertiary/aromatic N) is 2. The summed E-state index contributed by atoms with van der Waals surface area (Å²) < 4.78 is 0. The maximum atomic E-state index is 2.59. The Balaban J connectivity index is 1.16. The summed E-state index contributed by atoms with van der Waals surface area (Å²) >= 11 is 1.98. The lowest BCUT2D eigenvalue weighted by molar-refractivity contribution is 0.481. The maximum Gasteiger partial charge on any atom is 0.244 e. The van der Waals surface area contributed by atoms with E-state index in [0.29, 0.717) is 0 Å². The molecule has 0 saturated heterocycles. The predicted octanol–water partition coefficient (Wildman–Crippen LogP) is 10.8. The molecule has 6 aromatic carbocycles. The summed E-state index contributed by atoms with van der Waals surface area (Å²) in [5.74, 6) is 0. The Morgan fingerprint density at radius 1 is 0.549 bits per heavy atom. The van der Waals surface area contributed by atoms with Crippen molar-refractivity contribution in [2.24, 2.45) is 0 Å². The molecule has 0 unspecified atom stereocenters. The number of allylic oxidation sites excluding steroid dienone is 2. The summed E-state index contributed by atoms with van der Waals surface area (Å²) in [6.07, 6.45) is 6.79. The molecule has 10 rings (SSSR count). The third-order valence-electron chi connectivity index (χ3n) is 12.2. The van der Waals surface area contributed by atoms with Gasteiger partial charge in [0.2, 0.25) is 6.71 Å². The second-order valence-electron chi connectivity index (χ2n) is 14.5. The van der Waals surface area contributed by atoms with Gasteiger partial charge in [-0.05, 0) is 103 Å². The SMILES string of the molecule is CCC1(CC)c2ccc(-c3ccccc3)cc2B2c3ccc(N4C5=C(CCCC5)N(c5ccccc5)c5ccccc54)cc3Sc3cccc1c32. The third kappa shape index (κ3) is 4.58. The molecule has 0 fully saturated rings. The molecule has 0 aromatic heterocycles. The van der Waals surface area contributed by atoms with Crippen LogP contribution in [-0.4, -0.2) is 6.71 Å². The van der Waals surface area contributed by atoms with Crippen LogP contribution >= 0.6 is 11.8 Å². The predicted molar refractivity (Wildman–Crippen MR) is 218 cm³/mol. The molecule has 2 nitrogen and oxygen atoms in total. The number of para-hydroxylation sites is 3. The highest BCUT2D eigenvalue weighted by molar-refractivity contribution is 8.00. The molecule has 0 amide bonds. The molecule has 4 aliphatic rings. The third-order valence-corrected chi connectivity index (χ3v) is 13.3. The van der Waals surface area contributed by atoms with Crippen molar-refractivity contribution in [2.45, 2.75) is 67.6 Å². The van der Waals surface area contributed by atoms with E-state index in [2.05, 4.69) is 163 Å². The Morgan fingerprint density at radius 3 is 1.92 bits per heavy atom. The normalized spacial score (nSPS) is 16.5. The van der Waals surface area contributed by atoms with Crippen LogP contribution in [0.5, 0.6) is 0 Å². The first-order chi connectivity index (χ1) is 25.2. The molecule has 0 spiro atoms. The number of rotatable bonds is 5. The van der Waals surface area contributed by atoms with Crippen LogP contribution in [0.25, 0.3) is 11.1 Å². The lowest BCUT2D eigenvalue weighted by atomic mass is 9.30. The molecule has 0 saturated carbocycles. The summed E-state index contributed by atoms with van der Waals surface area (Å²) in [4.78, 5) is 7.91. The van der Waals surface area contributed by atoms with E-state index in [1.54, 1.807) is 0 Å². The molecule has 6 aromatic rings. The average Bonchev–Trinajstić information content (AvgIpc) is 3.20. The fourth-order valence-electron chi connectivity index (χ4n) is 9.79. The van der Waals surface area contributed by atoms with E-state index in [9.17, 15) is 0 Å². The van der Waals surface area contributed by atoms with Gasteiger partial charge in [-0.1, -0.05) is 139 Å². The smallest absolute Gasteiger partial charge is 0.244 e. The van der Waals surface area contributed by atoms with E-state index in [0.717, 1.165) is 25.7 Å². The molecule has 51 heavy (non-hydrogen) atoms. The monoisotopic (exact) mass is 676 g/mol. The molecule has 248 valence electrons. The standard InChI is InChI=1S/C47H41BN2S/c1-3-47(4-2)36-28-26-33(32-16-7-5-8-17-32)30-39(36)48-38-29-27-35(31-45(38)51-44-25-15-20-37(47)46(44)48)50-42-23-13-11-21-40(42)49(34-18-9-6-10-19-34)41-22-12-14-24-43(41)50/h5-11,13,15-21,23,25-31H,3-4,12,14,22,24H2,1-2H3. The Hall–Kier alpha value is -4.93. The largest absolute Gasteiger partial charge is 0.310 e. The quantitative estimate of drug-likeness (QED) is 0.168. The minimum absolute atomic E-state index is 0.0103. The van der Waals surface area contributed by atoms with E-state index in [-0.39, 0.29) is 12.1 Å². The lowest BCUT2D eigenvalue weighted by Crippen LogP contribution is -2.63. The van der Waals surface area contributed by atoms with Gasteiger partial charge in [0.1, 0.15) is 0 Å². The summed E-state index contributed by atoms with van der Waals surface area (Å²) in [5.41, 5.74) is 18.0. The summed E-state index contributed by atoms with van der Waals surface area (Å²) in [5, 5.41) is 0. The number of hydrogen-bond acceptors (Lipinski definition) is 3. The molecular formula is C47H41BN2S. The van der Waals surface area contributed by atoms with Crippen molar-refractivity contribution in [1.82, 2.24) is 0 Å². The highest BCUT2D eigenvalue weighted by atomic mass is 32.2. The van der Waals surface area contributed by atoms with Crippen LogP contribution in [0.1, 0.15) is 63.5 Å². The van der Waals surface area contributed by atoms with E-state index in [1.807, 2.05) is 11.8 Å². The topological polar surface area (TPSA) is 6.48 Å². The number of anilines is 4. The van der Waals surface area contributed by atoms with Gasteiger partial charge in [0.15, 0.2) is 0 Å². The van der Waals surface area contributed by atoms with E-state index in [1.165, 1.54) is 95.4 Å². The lowest BCUT2D eigenvalue weighted by Gasteiger charge is -2.46. The highest BCUT2D eigenvalue weighted by Crippen LogP contribution is 2.51. The minimum Gasteiger partial charge on any atom is -0.310 e. The van der Waals surface area contributed by atoms with Crippen molar-refractivity contribution in [1.29, 1.82) is 0 Å². The minimum atomic E-state index is 0.0103. The second kappa shape index (κ2) is 12.1. The molecule has 0 N–H and O–H groups in total. The van der Waals surface area contributed by atoms with Gasteiger partial charge in [-0.25, -0.2) is 0 Å². The molecule has 0 radical (unpaired) electrons.